The second-order valence-corrected chi connectivity index (χ2v) is 4.49. The second-order valence-electron chi connectivity index (χ2n) is 3.46. The molecular weight excluding hydrogens is 228 g/mol. The van der Waals surface area contributed by atoms with Crippen LogP contribution in [0.15, 0.2) is 35.7 Å². The van der Waals surface area contributed by atoms with E-state index in [1.807, 2.05) is 17.5 Å². The normalized spacial score (nSPS) is 10.6. The fraction of sp³-hybridized carbons (Fsp3) is 0.167. The van der Waals surface area contributed by atoms with Gasteiger partial charge in [-0.1, -0.05) is 6.07 Å². The Balaban J connectivity index is 1.89. The predicted molar refractivity (Wildman–Crippen MR) is 61.2 cm³/mol. The summed E-state index contributed by atoms with van der Waals surface area (Å²) in [5, 5.41) is 5.13. The summed E-state index contributed by atoms with van der Waals surface area (Å²) in [6, 6.07) is 7.55. The molecule has 0 bridgehead atoms. The largest absolute Gasteiger partial charge is 0.308 e. The molecule has 0 aliphatic rings. The van der Waals surface area contributed by atoms with Crippen molar-refractivity contribution in [3.05, 3.63) is 57.8 Å². The van der Waals surface area contributed by atoms with E-state index in [0.717, 1.165) is 12.6 Å². The number of benzene rings is 1. The quantitative estimate of drug-likeness (QED) is 0.863. The summed E-state index contributed by atoms with van der Waals surface area (Å²) in [4.78, 5) is 1.21. The zero-order valence-corrected chi connectivity index (χ0v) is 9.36. The van der Waals surface area contributed by atoms with E-state index in [1.54, 1.807) is 11.3 Å². The molecule has 2 aromatic rings. The zero-order chi connectivity index (χ0) is 11.4. The molecule has 84 valence electrons. The SMILES string of the molecule is Fc1cc(F)cc(CNCc2cccs2)c1. The van der Waals surface area contributed by atoms with Crippen molar-refractivity contribution in [3.8, 4) is 0 Å². The molecule has 0 radical (unpaired) electrons. The molecule has 1 N–H and O–H groups in total. The summed E-state index contributed by atoms with van der Waals surface area (Å²) >= 11 is 1.65. The van der Waals surface area contributed by atoms with Crippen LogP contribution in [0.1, 0.15) is 10.4 Å². The van der Waals surface area contributed by atoms with Gasteiger partial charge in [-0.15, -0.1) is 11.3 Å². The Morgan fingerprint density at radius 3 is 2.44 bits per heavy atom. The molecule has 1 aromatic carbocycles. The molecule has 0 spiro atoms. The summed E-state index contributed by atoms with van der Waals surface area (Å²) < 4.78 is 25.7. The van der Waals surface area contributed by atoms with Gasteiger partial charge in [-0.2, -0.15) is 0 Å². The van der Waals surface area contributed by atoms with Gasteiger partial charge in [0.25, 0.3) is 0 Å². The van der Waals surface area contributed by atoms with E-state index in [-0.39, 0.29) is 0 Å². The lowest BCUT2D eigenvalue weighted by atomic mass is 10.2. The van der Waals surface area contributed by atoms with Crippen LogP contribution in [-0.2, 0) is 13.1 Å². The molecule has 0 amide bonds. The fourth-order valence-corrected chi connectivity index (χ4v) is 2.13. The third kappa shape index (κ3) is 3.12. The molecule has 4 heteroatoms. The highest BCUT2D eigenvalue weighted by Gasteiger charge is 2.00. The van der Waals surface area contributed by atoms with Gasteiger partial charge in [-0.3, -0.25) is 0 Å². The van der Waals surface area contributed by atoms with Crippen molar-refractivity contribution in [3.63, 3.8) is 0 Å². The number of thiophene rings is 1. The first-order valence-electron chi connectivity index (χ1n) is 4.92. The number of halogens is 2. The van der Waals surface area contributed by atoms with Gasteiger partial charge in [0, 0.05) is 24.0 Å². The molecular formula is C12H11F2NS. The number of rotatable bonds is 4. The van der Waals surface area contributed by atoms with Gasteiger partial charge < -0.3 is 5.32 Å². The number of nitrogens with one attached hydrogen (secondary N) is 1. The highest BCUT2D eigenvalue weighted by atomic mass is 32.1. The average molecular weight is 239 g/mol. The predicted octanol–water partition coefficient (Wildman–Crippen LogP) is 3.32. The van der Waals surface area contributed by atoms with Crippen LogP contribution in [-0.4, -0.2) is 0 Å². The Morgan fingerprint density at radius 1 is 1.06 bits per heavy atom. The Hall–Kier alpha value is -1.26. The molecule has 0 saturated heterocycles. The van der Waals surface area contributed by atoms with E-state index in [1.165, 1.54) is 17.0 Å². The van der Waals surface area contributed by atoms with Crippen LogP contribution >= 0.6 is 11.3 Å². The first kappa shape index (κ1) is 11.2. The van der Waals surface area contributed by atoms with Gasteiger partial charge in [0.1, 0.15) is 11.6 Å². The molecule has 0 saturated carbocycles. The standard InChI is InChI=1S/C12H11F2NS/c13-10-4-9(5-11(14)6-10)7-15-8-12-2-1-3-16-12/h1-6,15H,7-8H2. The first-order chi connectivity index (χ1) is 7.74. The zero-order valence-electron chi connectivity index (χ0n) is 8.54. The maximum absolute atomic E-state index is 12.9. The lowest BCUT2D eigenvalue weighted by molar-refractivity contribution is 0.575. The van der Waals surface area contributed by atoms with Crippen molar-refractivity contribution >= 4 is 11.3 Å². The molecule has 0 aliphatic carbocycles. The Morgan fingerprint density at radius 2 is 1.81 bits per heavy atom. The maximum Gasteiger partial charge on any atom is 0.126 e. The third-order valence-corrected chi connectivity index (χ3v) is 3.01. The van der Waals surface area contributed by atoms with E-state index in [9.17, 15) is 8.78 Å². The molecule has 1 heterocycles. The van der Waals surface area contributed by atoms with E-state index < -0.39 is 11.6 Å². The van der Waals surface area contributed by atoms with E-state index in [0.29, 0.717) is 12.1 Å². The average Bonchev–Trinajstić information content (AvgIpc) is 2.69. The minimum Gasteiger partial charge on any atom is -0.308 e. The summed E-state index contributed by atoms with van der Waals surface area (Å²) in [7, 11) is 0. The molecule has 0 unspecified atom stereocenters. The van der Waals surface area contributed by atoms with Crippen molar-refractivity contribution in [2.24, 2.45) is 0 Å². The molecule has 0 aliphatic heterocycles. The van der Waals surface area contributed by atoms with Gasteiger partial charge in [-0.25, -0.2) is 8.78 Å². The van der Waals surface area contributed by atoms with Crippen LogP contribution in [0.5, 0.6) is 0 Å². The Labute approximate surface area is 96.7 Å². The monoisotopic (exact) mass is 239 g/mol. The third-order valence-electron chi connectivity index (χ3n) is 2.13. The van der Waals surface area contributed by atoms with Gasteiger partial charge >= 0.3 is 0 Å². The van der Waals surface area contributed by atoms with Crippen LogP contribution in [0.2, 0.25) is 0 Å². The molecule has 0 atom stereocenters. The Kier molecular flexibility index (Phi) is 3.64. The van der Waals surface area contributed by atoms with Gasteiger partial charge in [0.2, 0.25) is 0 Å². The number of hydrogen-bond acceptors (Lipinski definition) is 2. The smallest absolute Gasteiger partial charge is 0.126 e. The summed E-state index contributed by atoms with van der Waals surface area (Å²) in [5.41, 5.74) is 0.619. The molecule has 1 nitrogen and oxygen atoms in total. The van der Waals surface area contributed by atoms with Crippen LogP contribution in [0.3, 0.4) is 0 Å². The lowest BCUT2D eigenvalue weighted by Gasteiger charge is -2.03. The van der Waals surface area contributed by atoms with Gasteiger partial charge in [0.15, 0.2) is 0 Å². The van der Waals surface area contributed by atoms with Gasteiger partial charge in [-0.05, 0) is 29.1 Å². The first-order valence-corrected chi connectivity index (χ1v) is 5.80. The second kappa shape index (κ2) is 5.18. The topological polar surface area (TPSA) is 12.0 Å². The highest BCUT2D eigenvalue weighted by molar-refractivity contribution is 7.09. The highest BCUT2D eigenvalue weighted by Crippen LogP contribution is 2.10. The van der Waals surface area contributed by atoms with E-state index in [2.05, 4.69) is 5.32 Å². The summed E-state index contributed by atoms with van der Waals surface area (Å²) in [5.74, 6) is -1.07. The fourth-order valence-electron chi connectivity index (χ4n) is 1.46. The summed E-state index contributed by atoms with van der Waals surface area (Å²) in [6.07, 6.45) is 0. The molecule has 1 aromatic heterocycles. The van der Waals surface area contributed by atoms with Crippen LogP contribution in [0, 0.1) is 11.6 Å². The van der Waals surface area contributed by atoms with Crippen molar-refractivity contribution in [2.75, 3.05) is 0 Å². The van der Waals surface area contributed by atoms with Crippen LogP contribution in [0.25, 0.3) is 0 Å². The van der Waals surface area contributed by atoms with Crippen LogP contribution < -0.4 is 5.32 Å². The molecule has 0 fully saturated rings. The molecule has 16 heavy (non-hydrogen) atoms. The minimum absolute atomic E-state index is 0.465. The Bertz CT molecular complexity index is 434. The molecule has 2 rings (SSSR count). The summed E-state index contributed by atoms with van der Waals surface area (Å²) in [6.45, 7) is 1.18. The number of hydrogen-bond donors (Lipinski definition) is 1. The van der Waals surface area contributed by atoms with Crippen molar-refractivity contribution in [1.82, 2.24) is 5.32 Å². The minimum atomic E-state index is -0.534. The van der Waals surface area contributed by atoms with Gasteiger partial charge in [0.05, 0.1) is 0 Å². The maximum atomic E-state index is 12.9. The van der Waals surface area contributed by atoms with Crippen LogP contribution in [0.4, 0.5) is 8.78 Å². The van der Waals surface area contributed by atoms with Crippen molar-refractivity contribution < 1.29 is 8.78 Å². The lowest BCUT2D eigenvalue weighted by Crippen LogP contribution is -2.12. The van der Waals surface area contributed by atoms with E-state index >= 15 is 0 Å². The van der Waals surface area contributed by atoms with E-state index in [4.69, 9.17) is 0 Å². The van der Waals surface area contributed by atoms with Crippen molar-refractivity contribution in [1.29, 1.82) is 0 Å². The van der Waals surface area contributed by atoms with Crippen molar-refractivity contribution in [2.45, 2.75) is 13.1 Å².